The predicted molar refractivity (Wildman–Crippen MR) is 115 cm³/mol. The number of anilines is 1. The zero-order valence-corrected chi connectivity index (χ0v) is 18.3. The van der Waals surface area contributed by atoms with E-state index >= 15 is 0 Å². The molecule has 1 aromatic heterocycles. The molecule has 3 rings (SSSR count). The average Bonchev–Trinajstić information content (AvgIpc) is 3.17. The second kappa shape index (κ2) is 9.62. The molecule has 0 saturated carbocycles. The molecular formula is C22H19ClF4N4O2. The number of carbonyl (C=O) groups excluding carboxylic acids is 2. The zero-order chi connectivity index (χ0) is 24.3. The lowest BCUT2D eigenvalue weighted by Gasteiger charge is -2.15. The van der Waals surface area contributed by atoms with Gasteiger partial charge in [-0.15, -0.1) is 0 Å². The maximum absolute atomic E-state index is 14.2. The van der Waals surface area contributed by atoms with Crippen molar-refractivity contribution in [2.45, 2.75) is 32.5 Å². The first-order valence-corrected chi connectivity index (χ1v) is 10.1. The molecule has 0 spiro atoms. The third-order valence-electron chi connectivity index (χ3n) is 4.77. The highest BCUT2D eigenvalue weighted by Gasteiger charge is 2.35. The normalized spacial score (nSPS) is 12.3. The van der Waals surface area contributed by atoms with Crippen molar-refractivity contribution in [3.63, 3.8) is 0 Å². The fourth-order valence-electron chi connectivity index (χ4n) is 3.09. The maximum Gasteiger partial charge on any atom is 0.435 e. The fraction of sp³-hybridized carbons (Fsp3) is 0.227. The minimum atomic E-state index is -4.68. The molecule has 1 atom stereocenters. The smallest absolute Gasteiger partial charge is 0.350 e. The molecule has 2 amide bonds. The minimum Gasteiger partial charge on any atom is -0.350 e. The van der Waals surface area contributed by atoms with Gasteiger partial charge in [0.15, 0.2) is 5.69 Å². The van der Waals surface area contributed by atoms with E-state index in [0.717, 1.165) is 16.8 Å². The zero-order valence-electron chi connectivity index (χ0n) is 17.5. The van der Waals surface area contributed by atoms with Gasteiger partial charge in [0.25, 0.3) is 0 Å². The molecule has 0 aliphatic heterocycles. The summed E-state index contributed by atoms with van der Waals surface area (Å²) in [7, 11) is 0. The Morgan fingerprint density at radius 2 is 1.88 bits per heavy atom. The first kappa shape index (κ1) is 24.2. The van der Waals surface area contributed by atoms with Crippen LogP contribution in [0.2, 0.25) is 5.02 Å². The number of hydrogen-bond donors (Lipinski definition) is 2. The number of rotatable bonds is 6. The first-order valence-electron chi connectivity index (χ1n) is 9.72. The molecule has 1 heterocycles. The Morgan fingerprint density at radius 3 is 2.48 bits per heavy atom. The van der Waals surface area contributed by atoms with Crippen molar-refractivity contribution in [1.29, 1.82) is 0 Å². The highest BCUT2D eigenvalue weighted by molar-refractivity contribution is 6.30. The standard InChI is InChI=1S/C22H19ClF4N4O2/c1-12(14-6-7-19(18(24)8-14)29-13(2)32)21(33)28-11-17-10-20(22(25,26)27)30-31(17)16-5-3-4-15(23)9-16/h3-10,12H,11H2,1-2H3,(H,28,33)(H,29,32). The van der Waals surface area contributed by atoms with Gasteiger partial charge in [-0.2, -0.15) is 18.3 Å². The van der Waals surface area contributed by atoms with E-state index in [-0.39, 0.29) is 17.9 Å². The van der Waals surface area contributed by atoms with Crippen molar-refractivity contribution in [1.82, 2.24) is 15.1 Å². The molecule has 174 valence electrons. The molecule has 0 radical (unpaired) electrons. The molecule has 2 N–H and O–H groups in total. The van der Waals surface area contributed by atoms with Crippen molar-refractivity contribution in [3.8, 4) is 5.69 Å². The average molecular weight is 483 g/mol. The number of alkyl halides is 3. The number of aromatic nitrogens is 2. The molecule has 0 aliphatic rings. The topological polar surface area (TPSA) is 76.0 Å². The van der Waals surface area contributed by atoms with Gasteiger partial charge < -0.3 is 10.6 Å². The van der Waals surface area contributed by atoms with Gasteiger partial charge in [0.05, 0.1) is 29.5 Å². The van der Waals surface area contributed by atoms with Gasteiger partial charge in [-0.05, 0) is 48.9 Å². The number of hydrogen-bond acceptors (Lipinski definition) is 3. The summed E-state index contributed by atoms with van der Waals surface area (Å²) in [4.78, 5) is 23.7. The van der Waals surface area contributed by atoms with E-state index in [1.807, 2.05) is 0 Å². The molecule has 0 bridgehead atoms. The maximum atomic E-state index is 14.2. The van der Waals surface area contributed by atoms with Crippen molar-refractivity contribution in [2.24, 2.45) is 0 Å². The van der Waals surface area contributed by atoms with Crippen molar-refractivity contribution >= 4 is 29.1 Å². The summed E-state index contributed by atoms with van der Waals surface area (Å²) in [5.41, 5.74) is -0.430. The molecular weight excluding hydrogens is 464 g/mol. The highest BCUT2D eigenvalue weighted by Crippen LogP contribution is 2.30. The van der Waals surface area contributed by atoms with Crippen LogP contribution < -0.4 is 10.6 Å². The third kappa shape index (κ3) is 5.89. The number of carbonyl (C=O) groups is 2. The Bertz CT molecular complexity index is 1190. The molecule has 2 aromatic carbocycles. The summed E-state index contributed by atoms with van der Waals surface area (Å²) < 4.78 is 54.9. The lowest BCUT2D eigenvalue weighted by atomic mass is 9.99. The third-order valence-corrected chi connectivity index (χ3v) is 5.00. The molecule has 0 fully saturated rings. The Labute approximate surface area is 191 Å². The summed E-state index contributed by atoms with van der Waals surface area (Å²) in [6.07, 6.45) is -4.68. The Balaban J connectivity index is 1.80. The van der Waals surface area contributed by atoms with E-state index in [0.29, 0.717) is 16.3 Å². The van der Waals surface area contributed by atoms with Gasteiger partial charge in [0.2, 0.25) is 11.8 Å². The summed E-state index contributed by atoms with van der Waals surface area (Å²) in [6.45, 7) is 2.50. The van der Waals surface area contributed by atoms with Crippen LogP contribution in [0.25, 0.3) is 5.69 Å². The lowest BCUT2D eigenvalue weighted by Crippen LogP contribution is -2.28. The molecule has 1 unspecified atom stereocenters. The largest absolute Gasteiger partial charge is 0.435 e. The van der Waals surface area contributed by atoms with E-state index < -0.39 is 35.4 Å². The van der Waals surface area contributed by atoms with Crippen LogP contribution in [0.5, 0.6) is 0 Å². The SMILES string of the molecule is CC(=O)Nc1ccc(C(C)C(=O)NCc2cc(C(F)(F)F)nn2-c2cccc(Cl)c2)cc1F. The molecule has 11 heteroatoms. The van der Waals surface area contributed by atoms with Crippen LogP contribution >= 0.6 is 11.6 Å². The van der Waals surface area contributed by atoms with E-state index in [1.165, 1.54) is 38.1 Å². The van der Waals surface area contributed by atoms with Crippen LogP contribution in [0.1, 0.15) is 36.7 Å². The first-order chi connectivity index (χ1) is 15.5. The van der Waals surface area contributed by atoms with Crippen LogP contribution in [0.3, 0.4) is 0 Å². The van der Waals surface area contributed by atoms with Crippen molar-refractivity contribution in [2.75, 3.05) is 5.32 Å². The number of benzene rings is 2. The summed E-state index contributed by atoms with van der Waals surface area (Å²) in [6, 6.07) is 10.9. The van der Waals surface area contributed by atoms with Crippen LogP contribution in [0.15, 0.2) is 48.5 Å². The van der Waals surface area contributed by atoms with Gasteiger partial charge in [-0.1, -0.05) is 23.7 Å². The molecule has 33 heavy (non-hydrogen) atoms. The predicted octanol–water partition coefficient (Wildman–Crippen LogP) is 5.06. The summed E-state index contributed by atoms with van der Waals surface area (Å²) in [5, 5.41) is 8.82. The monoisotopic (exact) mass is 482 g/mol. The molecule has 6 nitrogen and oxygen atoms in total. The van der Waals surface area contributed by atoms with Crippen LogP contribution in [-0.2, 0) is 22.3 Å². The van der Waals surface area contributed by atoms with Gasteiger partial charge in [-0.25, -0.2) is 9.07 Å². The van der Waals surface area contributed by atoms with Crippen LogP contribution in [0.4, 0.5) is 23.2 Å². The quantitative estimate of drug-likeness (QED) is 0.482. The highest BCUT2D eigenvalue weighted by atomic mass is 35.5. The number of amides is 2. The van der Waals surface area contributed by atoms with E-state index in [4.69, 9.17) is 11.6 Å². The van der Waals surface area contributed by atoms with Crippen LogP contribution in [0, 0.1) is 5.82 Å². The van der Waals surface area contributed by atoms with E-state index in [9.17, 15) is 27.2 Å². The molecule has 0 saturated heterocycles. The van der Waals surface area contributed by atoms with E-state index in [2.05, 4.69) is 15.7 Å². The number of nitrogens with zero attached hydrogens (tertiary/aromatic N) is 2. The molecule has 3 aromatic rings. The van der Waals surface area contributed by atoms with Crippen molar-refractivity contribution < 1.29 is 27.2 Å². The van der Waals surface area contributed by atoms with Crippen LogP contribution in [-0.4, -0.2) is 21.6 Å². The number of nitrogens with one attached hydrogen (secondary N) is 2. The number of halogens is 5. The fourth-order valence-corrected chi connectivity index (χ4v) is 3.27. The van der Waals surface area contributed by atoms with E-state index in [1.54, 1.807) is 12.1 Å². The Morgan fingerprint density at radius 1 is 1.15 bits per heavy atom. The Kier molecular flexibility index (Phi) is 7.06. The summed E-state index contributed by atoms with van der Waals surface area (Å²) in [5.74, 6) is -2.50. The lowest BCUT2D eigenvalue weighted by molar-refractivity contribution is -0.141. The summed E-state index contributed by atoms with van der Waals surface area (Å²) >= 11 is 5.95. The van der Waals surface area contributed by atoms with Gasteiger partial charge in [0.1, 0.15) is 5.82 Å². The minimum absolute atomic E-state index is 0.0241. The van der Waals surface area contributed by atoms with Gasteiger partial charge in [-0.3, -0.25) is 9.59 Å². The van der Waals surface area contributed by atoms with Gasteiger partial charge >= 0.3 is 6.18 Å². The second-order valence-electron chi connectivity index (χ2n) is 7.27. The van der Waals surface area contributed by atoms with Gasteiger partial charge in [0, 0.05) is 11.9 Å². The van der Waals surface area contributed by atoms with Crippen molar-refractivity contribution in [3.05, 3.63) is 76.3 Å². The Hall–Kier alpha value is -3.40. The molecule has 0 aliphatic carbocycles. The second-order valence-corrected chi connectivity index (χ2v) is 7.71.